The third kappa shape index (κ3) is 42.1. The minimum absolute atomic E-state index is 0.0583. The highest BCUT2D eigenvalue weighted by Crippen LogP contribution is 2.18. The Morgan fingerprint density at radius 1 is 0.525 bits per heavy atom. The van der Waals surface area contributed by atoms with Gasteiger partial charge in [0, 0.05) is 6.42 Å². The van der Waals surface area contributed by atoms with Crippen LogP contribution in [0.3, 0.4) is 0 Å². The lowest BCUT2D eigenvalue weighted by atomic mass is 10.0. The van der Waals surface area contributed by atoms with Gasteiger partial charge in [0.1, 0.15) is 6.10 Å². The van der Waals surface area contributed by atoms with E-state index < -0.39 is 18.2 Å². The standard InChI is InChI=1S/C53H95NO5/c1-4-7-10-13-16-19-22-25-26-28-30-33-36-39-42-45-51(56)50(48-55)54-52(57)47-49(44-41-38-35-32-29-24-21-18-15-12-9-6-3)59-53(58)46-43-40-37-34-31-27-23-20-17-14-11-8-5-2/h8-9,11-12,14,17-18,20-21,23,49-51,55-56H,4-7,10,13,15-16,19,22,24-48H2,1-3H3,(H,54,57)/b11-8+,12-9+,17-14+,21-18+,23-20-. The van der Waals surface area contributed by atoms with Crippen LogP contribution in [-0.4, -0.2) is 46.9 Å². The number of hydrogen-bond acceptors (Lipinski definition) is 5. The molecule has 0 fully saturated rings. The van der Waals surface area contributed by atoms with E-state index in [2.05, 4.69) is 86.8 Å². The summed E-state index contributed by atoms with van der Waals surface area (Å²) in [5.74, 6) is -0.512. The van der Waals surface area contributed by atoms with Crippen molar-refractivity contribution in [2.75, 3.05) is 6.61 Å². The molecule has 3 atom stereocenters. The zero-order valence-electron chi connectivity index (χ0n) is 38.9. The largest absolute Gasteiger partial charge is 0.462 e. The average Bonchev–Trinajstić information content (AvgIpc) is 3.23. The molecule has 0 aromatic heterocycles. The van der Waals surface area contributed by atoms with Gasteiger partial charge in [-0.25, -0.2) is 0 Å². The van der Waals surface area contributed by atoms with Gasteiger partial charge in [0.15, 0.2) is 0 Å². The van der Waals surface area contributed by atoms with Crippen LogP contribution in [-0.2, 0) is 14.3 Å². The minimum atomic E-state index is -0.796. The van der Waals surface area contributed by atoms with E-state index in [1.54, 1.807) is 0 Å². The molecule has 0 saturated carbocycles. The second kappa shape index (κ2) is 46.6. The Kier molecular flexibility index (Phi) is 44.7. The van der Waals surface area contributed by atoms with Crippen LogP contribution in [0.2, 0.25) is 0 Å². The molecule has 6 nitrogen and oxygen atoms in total. The van der Waals surface area contributed by atoms with E-state index in [-0.39, 0.29) is 24.9 Å². The van der Waals surface area contributed by atoms with Crippen molar-refractivity contribution in [1.82, 2.24) is 5.32 Å². The van der Waals surface area contributed by atoms with Crippen LogP contribution >= 0.6 is 0 Å². The quantitative estimate of drug-likeness (QED) is 0.0246. The molecule has 0 rings (SSSR count). The van der Waals surface area contributed by atoms with E-state index in [1.807, 2.05) is 0 Å². The molecule has 3 unspecified atom stereocenters. The molecule has 0 heterocycles. The number of carbonyl (C=O) groups excluding carboxylic acids is 2. The number of carbonyl (C=O) groups is 2. The second-order valence-electron chi connectivity index (χ2n) is 16.9. The van der Waals surface area contributed by atoms with Crippen molar-refractivity contribution in [3.05, 3.63) is 60.8 Å². The number of allylic oxidation sites excluding steroid dienone is 10. The van der Waals surface area contributed by atoms with E-state index in [4.69, 9.17) is 4.74 Å². The molecule has 0 aliphatic rings. The Morgan fingerprint density at radius 2 is 1.00 bits per heavy atom. The first kappa shape index (κ1) is 56.6. The maximum absolute atomic E-state index is 13.2. The van der Waals surface area contributed by atoms with E-state index >= 15 is 0 Å². The van der Waals surface area contributed by atoms with Crippen LogP contribution in [0.4, 0.5) is 0 Å². The molecule has 3 N–H and O–H groups in total. The third-order valence-electron chi connectivity index (χ3n) is 11.2. The average molecular weight is 826 g/mol. The van der Waals surface area contributed by atoms with Gasteiger partial charge in [0.2, 0.25) is 5.91 Å². The van der Waals surface area contributed by atoms with Crippen molar-refractivity contribution < 1.29 is 24.5 Å². The normalized spacial score (nSPS) is 13.8. The van der Waals surface area contributed by atoms with Gasteiger partial charge in [-0.3, -0.25) is 9.59 Å². The molecule has 0 bridgehead atoms. The van der Waals surface area contributed by atoms with E-state index in [1.165, 1.54) is 89.9 Å². The van der Waals surface area contributed by atoms with Gasteiger partial charge < -0.3 is 20.3 Å². The number of rotatable bonds is 44. The van der Waals surface area contributed by atoms with Crippen molar-refractivity contribution in [3.63, 3.8) is 0 Å². The van der Waals surface area contributed by atoms with Crippen molar-refractivity contribution in [1.29, 1.82) is 0 Å². The fourth-order valence-corrected chi connectivity index (χ4v) is 7.41. The molecule has 0 spiro atoms. The number of esters is 1. The summed E-state index contributed by atoms with van der Waals surface area (Å²) in [6.45, 7) is 6.24. The van der Waals surface area contributed by atoms with Gasteiger partial charge in [-0.15, -0.1) is 0 Å². The Balaban J connectivity index is 4.57. The molecule has 0 aromatic rings. The van der Waals surface area contributed by atoms with E-state index in [9.17, 15) is 19.8 Å². The van der Waals surface area contributed by atoms with Crippen LogP contribution in [0.15, 0.2) is 60.8 Å². The fraction of sp³-hybridized carbons (Fsp3) is 0.774. The van der Waals surface area contributed by atoms with Gasteiger partial charge in [0.25, 0.3) is 0 Å². The van der Waals surface area contributed by atoms with Crippen LogP contribution in [0.1, 0.15) is 239 Å². The molecule has 0 aliphatic heterocycles. The minimum Gasteiger partial charge on any atom is -0.462 e. The molecule has 1 amide bonds. The van der Waals surface area contributed by atoms with Crippen molar-refractivity contribution in [2.45, 2.75) is 257 Å². The van der Waals surface area contributed by atoms with Gasteiger partial charge in [-0.05, 0) is 70.6 Å². The lowest BCUT2D eigenvalue weighted by molar-refractivity contribution is -0.151. The van der Waals surface area contributed by atoms with Crippen molar-refractivity contribution >= 4 is 11.9 Å². The number of amides is 1. The van der Waals surface area contributed by atoms with Crippen LogP contribution in [0.5, 0.6) is 0 Å². The van der Waals surface area contributed by atoms with Crippen LogP contribution in [0, 0.1) is 0 Å². The zero-order valence-corrected chi connectivity index (χ0v) is 38.9. The predicted octanol–water partition coefficient (Wildman–Crippen LogP) is 14.8. The Morgan fingerprint density at radius 3 is 1.56 bits per heavy atom. The SMILES string of the molecule is CC/C=C/C=C/C=C\CCCCCCCC(=O)OC(CCCCCCC/C=C/C/C=C/CC)CC(=O)NC(CO)C(O)CCCCCCCCCCCCCCCCC. The summed E-state index contributed by atoms with van der Waals surface area (Å²) in [6.07, 6.45) is 57.1. The highest BCUT2D eigenvalue weighted by Gasteiger charge is 2.24. The van der Waals surface area contributed by atoms with Gasteiger partial charge in [-0.1, -0.05) is 216 Å². The van der Waals surface area contributed by atoms with Gasteiger partial charge in [0.05, 0.1) is 25.2 Å². The van der Waals surface area contributed by atoms with Crippen molar-refractivity contribution in [3.8, 4) is 0 Å². The molecular weight excluding hydrogens is 731 g/mol. The van der Waals surface area contributed by atoms with E-state index in [0.717, 1.165) is 103 Å². The molecule has 342 valence electrons. The summed E-state index contributed by atoms with van der Waals surface area (Å²) in [5, 5.41) is 23.8. The molecule has 6 heteroatoms. The zero-order chi connectivity index (χ0) is 43.1. The van der Waals surface area contributed by atoms with Gasteiger partial charge >= 0.3 is 5.97 Å². The lowest BCUT2D eigenvalue weighted by Crippen LogP contribution is -2.46. The molecule has 0 saturated heterocycles. The summed E-state index contributed by atoms with van der Waals surface area (Å²) >= 11 is 0. The third-order valence-corrected chi connectivity index (χ3v) is 11.2. The van der Waals surface area contributed by atoms with E-state index in [0.29, 0.717) is 19.3 Å². The highest BCUT2D eigenvalue weighted by molar-refractivity contribution is 5.77. The Labute approximate surface area is 365 Å². The number of aliphatic hydroxyl groups excluding tert-OH is 2. The first-order valence-electron chi connectivity index (χ1n) is 25.0. The van der Waals surface area contributed by atoms with Crippen molar-refractivity contribution in [2.24, 2.45) is 0 Å². The topological polar surface area (TPSA) is 95.9 Å². The molecular formula is C53H95NO5. The highest BCUT2D eigenvalue weighted by atomic mass is 16.5. The maximum atomic E-state index is 13.2. The number of ether oxygens (including phenoxy) is 1. The maximum Gasteiger partial charge on any atom is 0.306 e. The monoisotopic (exact) mass is 826 g/mol. The molecule has 59 heavy (non-hydrogen) atoms. The first-order valence-corrected chi connectivity index (χ1v) is 25.0. The second-order valence-corrected chi connectivity index (χ2v) is 16.9. The molecule has 0 radical (unpaired) electrons. The van der Waals surface area contributed by atoms with Crippen LogP contribution in [0.25, 0.3) is 0 Å². The number of hydrogen-bond donors (Lipinski definition) is 3. The Hall–Kier alpha value is -2.44. The smallest absolute Gasteiger partial charge is 0.306 e. The summed E-state index contributed by atoms with van der Waals surface area (Å²) in [4.78, 5) is 26.1. The Bertz CT molecular complexity index is 1060. The number of nitrogens with one attached hydrogen (secondary N) is 1. The number of unbranched alkanes of at least 4 members (excludes halogenated alkanes) is 24. The van der Waals surface area contributed by atoms with Crippen LogP contribution < -0.4 is 5.32 Å². The predicted molar refractivity (Wildman–Crippen MR) is 255 cm³/mol. The summed E-state index contributed by atoms with van der Waals surface area (Å²) < 4.78 is 5.90. The fourth-order valence-electron chi connectivity index (χ4n) is 7.41. The molecule has 0 aliphatic carbocycles. The summed E-state index contributed by atoms with van der Waals surface area (Å²) in [5.41, 5.74) is 0. The summed E-state index contributed by atoms with van der Waals surface area (Å²) in [6, 6.07) is -0.711. The molecule has 0 aromatic carbocycles. The lowest BCUT2D eigenvalue weighted by Gasteiger charge is -2.24. The summed E-state index contributed by atoms with van der Waals surface area (Å²) in [7, 11) is 0. The first-order chi connectivity index (χ1) is 29.0. The number of aliphatic hydroxyl groups is 2. The van der Waals surface area contributed by atoms with Gasteiger partial charge in [-0.2, -0.15) is 0 Å².